The van der Waals surface area contributed by atoms with E-state index < -0.39 is 53.7 Å². The minimum atomic E-state index is -1.01. The molecule has 51 heavy (non-hydrogen) atoms. The van der Waals surface area contributed by atoms with Crippen LogP contribution in [0.4, 0.5) is 4.79 Å². The fourth-order valence-corrected chi connectivity index (χ4v) is 5.66. The molecule has 2 bridgehead atoms. The highest BCUT2D eigenvalue weighted by Gasteiger charge is 2.34. The molecule has 13 heteroatoms. The molecule has 1 aliphatic heterocycles. The second-order valence-electron chi connectivity index (χ2n) is 12.2. The Morgan fingerprint density at radius 1 is 1.10 bits per heavy atom. The zero-order chi connectivity index (χ0) is 37.7. The van der Waals surface area contributed by atoms with Crippen LogP contribution in [-0.2, 0) is 33.4 Å². The van der Waals surface area contributed by atoms with E-state index in [9.17, 15) is 24.0 Å². The minimum Gasteiger partial charge on any atom is -0.439 e. The Hall–Kier alpha value is -5.40. The Kier molecular flexibility index (Phi) is 15.0. The molecular formula is C38H46N4O9. The van der Waals surface area contributed by atoms with E-state index in [1.54, 1.807) is 49.4 Å². The summed E-state index contributed by atoms with van der Waals surface area (Å²) in [4.78, 5) is 71.4. The quantitative estimate of drug-likeness (QED) is 0.153. The molecule has 2 aliphatic rings. The van der Waals surface area contributed by atoms with Gasteiger partial charge in [0.15, 0.2) is 6.10 Å². The van der Waals surface area contributed by atoms with Crippen LogP contribution in [0.2, 0.25) is 0 Å². The van der Waals surface area contributed by atoms with Crippen LogP contribution in [-0.4, -0.2) is 74.3 Å². The first kappa shape index (κ1) is 40.0. The van der Waals surface area contributed by atoms with Crippen LogP contribution in [0.1, 0.15) is 50.9 Å². The van der Waals surface area contributed by atoms with Gasteiger partial charge in [0, 0.05) is 42.9 Å². The van der Waals surface area contributed by atoms with Crippen LogP contribution in [0.15, 0.2) is 107 Å². The van der Waals surface area contributed by atoms with Crippen LogP contribution in [0, 0.1) is 11.8 Å². The third-order valence-corrected chi connectivity index (χ3v) is 8.26. The summed E-state index contributed by atoms with van der Waals surface area (Å²) in [7, 11) is 2.94. The molecule has 0 saturated carbocycles. The highest BCUT2D eigenvalue weighted by molar-refractivity contribution is 6.24. The first-order valence-corrected chi connectivity index (χ1v) is 16.4. The number of methoxy groups -OCH3 is 2. The molecule has 3 amide bonds. The average molecular weight is 703 g/mol. The van der Waals surface area contributed by atoms with Gasteiger partial charge in [0.25, 0.3) is 11.8 Å². The molecule has 0 spiro atoms. The normalized spacial score (nSPS) is 27.3. The number of Topliss-reactive ketones (excluding diaryl/α,β-unsaturated/α-hetero) is 1. The molecule has 1 aromatic rings. The number of hydrogen-bond donors (Lipinski definition) is 3. The van der Waals surface area contributed by atoms with E-state index in [2.05, 4.69) is 22.4 Å². The Labute approximate surface area is 298 Å². The number of ether oxygens (including phenoxy) is 3. The van der Waals surface area contributed by atoms with Gasteiger partial charge in [-0.3, -0.25) is 19.2 Å². The number of allylic oxidation sites excluding steroid dienone is 5. The van der Waals surface area contributed by atoms with Gasteiger partial charge in [-0.1, -0.05) is 74.2 Å². The van der Waals surface area contributed by atoms with Gasteiger partial charge in [-0.15, -0.1) is 0 Å². The Morgan fingerprint density at radius 2 is 1.80 bits per heavy atom. The van der Waals surface area contributed by atoms with Crippen molar-refractivity contribution < 1.29 is 43.0 Å². The van der Waals surface area contributed by atoms with Crippen molar-refractivity contribution in [1.82, 2.24) is 10.6 Å². The summed E-state index contributed by atoms with van der Waals surface area (Å²) in [5.74, 6) is -3.25. The molecular weight excluding hydrogens is 656 g/mol. The number of carbonyl (C=O) groups excluding carboxylic acids is 5. The van der Waals surface area contributed by atoms with Crippen molar-refractivity contribution in [3.63, 3.8) is 0 Å². The maximum absolute atomic E-state index is 14.0. The number of nitrogens with zero attached hydrogens (tertiary/aromatic N) is 1. The van der Waals surface area contributed by atoms with Gasteiger partial charge in [0.05, 0.1) is 23.2 Å². The SMILES string of the molecule is C=CCON=C1[C@@H](OC)C[C@H](C)CC2=C(NC(=O)c3ccccc3)C(=O)C=C(NC(=O)/C(C)=C/C=C\[C@H](OC)[C@@H](OC(N)=O)/C(C)=C/[C@@H]1C)C2=O. The molecule has 0 fully saturated rings. The molecule has 272 valence electrons. The van der Waals surface area contributed by atoms with Gasteiger partial charge in [0.2, 0.25) is 11.6 Å². The highest BCUT2D eigenvalue weighted by atomic mass is 16.6. The summed E-state index contributed by atoms with van der Waals surface area (Å²) in [5.41, 5.74) is 6.61. The number of oxime groups is 1. The lowest BCUT2D eigenvalue weighted by molar-refractivity contribution is -0.120. The molecule has 4 N–H and O–H groups in total. The third-order valence-electron chi connectivity index (χ3n) is 8.26. The van der Waals surface area contributed by atoms with Gasteiger partial charge in [-0.05, 0) is 50.3 Å². The summed E-state index contributed by atoms with van der Waals surface area (Å²) in [6.45, 7) is 10.8. The molecule has 1 heterocycles. The van der Waals surface area contributed by atoms with Crippen LogP contribution in [0.5, 0.6) is 0 Å². The summed E-state index contributed by atoms with van der Waals surface area (Å²) in [6.07, 6.45) is 5.86. The van der Waals surface area contributed by atoms with Crippen molar-refractivity contribution in [2.24, 2.45) is 22.7 Å². The van der Waals surface area contributed by atoms with Crippen molar-refractivity contribution in [1.29, 1.82) is 0 Å². The number of nitrogens with two attached hydrogens (primary N) is 1. The number of hydrogen-bond acceptors (Lipinski definition) is 10. The topological polar surface area (TPSA) is 185 Å². The van der Waals surface area contributed by atoms with Gasteiger partial charge < -0.3 is 35.4 Å². The zero-order valence-corrected chi connectivity index (χ0v) is 29.8. The lowest BCUT2D eigenvalue weighted by Gasteiger charge is -2.27. The number of ketones is 2. The first-order chi connectivity index (χ1) is 24.3. The number of amides is 3. The van der Waals surface area contributed by atoms with Gasteiger partial charge in [0.1, 0.15) is 12.7 Å². The molecule has 5 atom stereocenters. The number of fused-ring (bicyclic) bond motifs is 2. The predicted octanol–water partition coefficient (Wildman–Crippen LogP) is 4.39. The maximum atomic E-state index is 14.0. The van der Waals surface area contributed by atoms with Gasteiger partial charge in [-0.25, -0.2) is 4.79 Å². The van der Waals surface area contributed by atoms with E-state index in [1.807, 2.05) is 19.9 Å². The molecule has 1 aliphatic carbocycles. The number of benzene rings is 1. The second-order valence-corrected chi connectivity index (χ2v) is 12.2. The maximum Gasteiger partial charge on any atom is 0.405 e. The van der Waals surface area contributed by atoms with Crippen LogP contribution < -0.4 is 16.4 Å². The lowest BCUT2D eigenvalue weighted by atomic mass is 9.85. The smallest absolute Gasteiger partial charge is 0.405 e. The monoisotopic (exact) mass is 702 g/mol. The molecule has 0 radical (unpaired) electrons. The summed E-state index contributed by atoms with van der Waals surface area (Å²) < 4.78 is 17.0. The fourth-order valence-electron chi connectivity index (χ4n) is 5.66. The number of carbonyl (C=O) groups is 5. The number of nitrogens with one attached hydrogen (secondary N) is 2. The average Bonchev–Trinajstić information content (AvgIpc) is 3.10. The predicted molar refractivity (Wildman–Crippen MR) is 191 cm³/mol. The molecule has 3 rings (SSSR count). The molecule has 1 aromatic carbocycles. The summed E-state index contributed by atoms with van der Waals surface area (Å²) >= 11 is 0. The van der Waals surface area contributed by atoms with E-state index in [4.69, 9.17) is 24.8 Å². The van der Waals surface area contributed by atoms with Crippen molar-refractivity contribution >= 4 is 35.2 Å². The van der Waals surface area contributed by atoms with Gasteiger partial charge >= 0.3 is 6.09 Å². The van der Waals surface area contributed by atoms with E-state index in [1.165, 1.54) is 33.3 Å². The Morgan fingerprint density at radius 3 is 2.43 bits per heavy atom. The summed E-state index contributed by atoms with van der Waals surface area (Å²) in [5, 5.41) is 9.57. The zero-order valence-electron chi connectivity index (χ0n) is 29.8. The molecule has 0 unspecified atom stereocenters. The van der Waals surface area contributed by atoms with E-state index >= 15 is 0 Å². The van der Waals surface area contributed by atoms with Crippen molar-refractivity contribution in [3.05, 3.63) is 107 Å². The summed E-state index contributed by atoms with van der Waals surface area (Å²) in [6, 6.07) is 8.28. The van der Waals surface area contributed by atoms with Crippen LogP contribution >= 0.6 is 0 Å². The highest BCUT2D eigenvalue weighted by Crippen LogP contribution is 2.28. The van der Waals surface area contributed by atoms with E-state index in [-0.39, 0.29) is 41.5 Å². The van der Waals surface area contributed by atoms with E-state index in [0.29, 0.717) is 23.3 Å². The van der Waals surface area contributed by atoms with Crippen LogP contribution in [0.25, 0.3) is 0 Å². The first-order valence-electron chi connectivity index (χ1n) is 16.4. The molecule has 0 aromatic heterocycles. The largest absolute Gasteiger partial charge is 0.439 e. The Balaban J connectivity index is 2.18. The molecule has 0 saturated heterocycles. The van der Waals surface area contributed by atoms with Gasteiger partial charge in [-0.2, -0.15) is 0 Å². The van der Waals surface area contributed by atoms with Crippen molar-refractivity contribution in [3.8, 4) is 0 Å². The van der Waals surface area contributed by atoms with Crippen molar-refractivity contribution in [2.75, 3.05) is 20.8 Å². The standard InChI is InChI=1S/C38H46N4O9/c1-8-17-50-42-32-24(4)20-25(5)35(51-38(39)47)30(48-6)16-12-13-23(3)36(45)40-28-21-29(43)33(41-37(46)26-14-10-9-11-15-26)27(34(28)44)18-22(2)19-31(32)49-7/h8-16,20-22,24,30-31,35H,1,17-19H2,2-7H3,(H2,39,47)(H,40,45)(H,41,46)/b16-12-,23-13+,25-20+,42-32?/t22-,24+,30+,31+,35+/m1/s1. The number of rotatable bonds is 8. The van der Waals surface area contributed by atoms with E-state index in [0.717, 1.165) is 6.08 Å². The van der Waals surface area contributed by atoms with Crippen LogP contribution in [0.3, 0.4) is 0 Å². The molecule has 13 nitrogen and oxygen atoms in total. The third kappa shape index (κ3) is 11.0. The Bertz CT molecular complexity index is 1690. The second kappa shape index (κ2) is 19.1. The lowest BCUT2D eigenvalue weighted by Crippen LogP contribution is -2.38. The van der Waals surface area contributed by atoms with Crippen molar-refractivity contribution in [2.45, 2.75) is 58.8 Å². The fraction of sp³-hybridized carbons (Fsp3) is 0.368. The minimum absolute atomic E-state index is 0.0310. The number of primary amides is 1.